The molecule has 1 heterocycles. The number of methoxy groups -OCH3 is 1. The molecule has 106 valence electrons. The highest BCUT2D eigenvalue weighted by molar-refractivity contribution is 5.92. The highest BCUT2D eigenvalue weighted by Gasteiger charge is 2.29. The molecule has 4 nitrogen and oxygen atoms in total. The number of benzene rings is 2. The van der Waals surface area contributed by atoms with Crippen molar-refractivity contribution >= 4 is 22.6 Å². The maximum Gasteiger partial charge on any atom is 0.414 e. The van der Waals surface area contributed by atoms with Gasteiger partial charge in [0.05, 0.1) is 13.2 Å². The molecule has 0 saturated carbocycles. The molecule has 0 unspecified atom stereocenters. The van der Waals surface area contributed by atoms with Crippen molar-refractivity contribution < 1.29 is 14.3 Å². The Morgan fingerprint density at radius 1 is 1.19 bits per heavy atom. The summed E-state index contributed by atoms with van der Waals surface area (Å²) in [6.45, 7) is 0. The van der Waals surface area contributed by atoms with Crippen LogP contribution in [0.2, 0.25) is 0 Å². The van der Waals surface area contributed by atoms with Gasteiger partial charge in [0.1, 0.15) is 0 Å². The predicted octanol–water partition coefficient (Wildman–Crippen LogP) is 3.44. The monoisotopic (exact) mass is 281 g/mol. The molecule has 0 N–H and O–H groups in total. The van der Waals surface area contributed by atoms with Crippen molar-refractivity contribution in [2.45, 2.75) is 12.5 Å². The number of nitrogens with zero attached hydrogens (tertiary/aromatic N) is 1. The molecule has 0 fully saturated rings. The highest BCUT2D eigenvalue weighted by atomic mass is 16.5. The van der Waals surface area contributed by atoms with Crippen LogP contribution in [0.4, 0.5) is 4.79 Å². The van der Waals surface area contributed by atoms with E-state index in [1.807, 2.05) is 42.5 Å². The van der Waals surface area contributed by atoms with E-state index >= 15 is 0 Å². The summed E-state index contributed by atoms with van der Waals surface area (Å²) >= 11 is 0. The minimum Gasteiger partial charge on any atom is -0.452 e. The van der Waals surface area contributed by atoms with E-state index in [9.17, 15) is 9.59 Å². The van der Waals surface area contributed by atoms with Gasteiger partial charge in [0.25, 0.3) is 0 Å². The number of ether oxygens (including phenoxy) is 1. The minimum absolute atomic E-state index is 0.00770. The van der Waals surface area contributed by atoms with Gasteiger partial charge in [0.2, 0.25) is 0 Å². The smallest absolute Gasteiger partial charge is 0.414 e. The van der Waals surface area contributed by atoms with Crippen LogP contribution in [0.15, 0.2) is 54.7 Å². The zero-order chi connectivity index (χ0) is 14.8. The molecule has 0 bridgehead atoms. The molecule has 1 aliphatic rings. The second kappa shape index (κ2) is 5.40. The number of rotatable bonds is 1. The Morgan fingerprint density at radius 2 is 1.95 bits per heavy atom. The predicted molar refractivity (Wildman–Crippen MR) is 79.7 cm³/mol. The zero-order valence-electron chi connectivity index (χ0n) is 11.7. The van der Waals surface area contributed by atoms with E-state index in [-0.39, 0.29) is 18.2 Å². The lowest BCUT2D eigenvalue weighted by Crippen LogP contribution is -2.34. The van der Waals surface area contributed by atoms with Crippen molar-refractivity contribution in [2.75, 3.05) is 7.11 Å². The molecule has 2 aromatic rings. The third kappa shape index (κ3) is 2.52. The normalized spacial score (nSPS) is 18.0. The van der Waals surface area contributed by atoms with Gasteiger partial charge in [-0.15, -0.1) is 0 Å². The Kier molecular flexibility index (Phi) is 3.44. The molecule has 0 aromatic heterocycles. The summed E-state index contributed by atoms with van der Waals surface area (Å²) < 4.78 is 4.79. The largest absolute Gasteiger partial charge is 0.452 e. The standard InChI is InChI=1S/C17H15NO3/c1-21-17(20)18-9-8-15(19)11-16(18)14-7-6-12-4-2-3-5-13(12)10-14/h2-10,16H,11H2,1H3/t16-/m1/s1. The molecule has 0 radical (unpaired) electrons. The number of hydrogen-bond acceptors (Lipinski definition) is 3. The Labute approximate surface area is 122 Å². The first-order chi connectivity index (χ1) is 10.2. The molecule has 0 saturated heterocycles. The maximum atomic E-state index is 11.9. The van der Waals surface area contributed by atoms with Crippen LogP contribution < -0.4 is 0 Å². The summed E-state index contributed by atoms with van der Waals surface area (Å²) in [5.41, 5.74) is 0.928. The van der Waals surface area contributed by atoms with Crippen molar-refractivity contribution in [1.29, 1.82) is 0 Å². The van der Waals surface area contributed by atoms with Gasteiger partial charge in [0.15, 0.2) is 5.78 Å². The topological polar surface area (TPSA) is 46.6 Å². The van der Waals surface area contributed by atoms with E-state index in [0.29, 0.717) is 0 Å². The third-order valence-corrected chi connectivity index (χ3v) is 3.70. The quantitative estimate of drug-likeness (QED) is 0.804. The molecule has 1 aliphatic heterocycles. The first-order valence-corrected chi connectivity index (χ1v) is 6.75. The summed E-state index contributed by atoms with van der Waals surface area (Å²) in [5.74, 6) is 0.00770. The van der Waals surface area contributed by atoms with E-state index in [1.54, 1.807) is 0 Å². The Morgan fingerprint density at radius 3 is 2.71 bits per heavy atom. The molecule has 2 aromatic carbocycles. The van der Waals surface area contributed by atoms with Gasteiger partial charge in [0, 0.05) is 12.6 Å². The number of amides is 1. The van der Waals surface area contributed by atoms with Gasteiger partial charge >= 0.3 is 6.09 Å². The Balaban J connectivity index is 2.03. The summed E-state index contributed by atoms with van der Waals surface area (Å²) in [6, 6.07) is 13.6. The highest BCUT2D eigenvalue weighted by Crippen LogP contribution is 2.31. The molecule has 1 amide bonds. The van der Waals surface area contributed by atoms with Gasteiger partial charge in [-0.05, 0) is 28.5 Å². The minimum atomic E-state index is -0.461. The number of fused-ring (bicyclic) bond motifs is 1. The van der Waals surface area contributed by atoms with Crippen molar-refractivity contribution in [3.05, 3.63) is 60.3 Å². The number of carbonyl (C=O) groups excluding carboxylic acids is 2. The summed E-state index contributed by atoms with van der Waals surface area (Å²) in [4.78, 5) is 25.0. The van der Waals surface area contributed by atoms with E-state index in [1.165, 1.54) is 24.3 Å². The molecule has 3 rings (SSSR count). The number of allylic oxidation sites excluding steroid dienone is 1. The number of carbonyl (C=O) groups is 2. The molecule has 21 heavy (non-hydrogen) atoms. The van der Waals surface area contributed by atoms with Crippen molar-refractivity contribution in [3.63, 3.8) is 0 Å². The van der Waals surface area contributed by atoms with Crippen molar-refractivity contribution in [1.82, 2.24) is 4.90 Å². The molecule has 4 heteroatoms. The van der Waals surface area contributed by atoms with Gasteiger partial charge < -0.3 is 4.74 Å². The fourth-order valence-corrected chi connectivity index (χ4v) is 2.61. The average molecular weight is 281 g/mol. The second-order valence-electron chi connectivity index (χ2n) is 4.99. The first kappa shape index (κ1) is 13.4. The van der Waals surface area contributed by atoms with Gasteiger partial charge in [-0.2, -0.15) is 0 Å². The van der Waals surface area contributed by atoms with Crippen LogP contribution in [0, 0.1) is 0 Å². The molecule has 0 aliphatic carbocycles. The number of hydrogen-bond donors (Lipinski definition) is 0. The van der Waals surface area contributed by atoms with Crippen molar-refractivity contribution in [3.8, 4) is 0 Å². The fraction of sp³-hybridized carbons (Fsp3) is 0.176. The lowest BCUT2D eigenvalue weighted by molar-refractivity contribution is -0.116. The van der Waals surface area contributed by atoms with Gasteiger partial charge in [-0.3, -0.25) is 9.69 Å². The van der Waals surface area contributed by atoms with Crippen LogP contribution in [-0.2, 0) is 9.53 Å². The van der Waals surface area contributed by atoms with Crippen LogP contribution in [0.25, 0.3) is 10.8 Å². The van der Waals surface area contributed by atoms with Crippen LogP contribution in [-0.4, -0.2) is 23.9 Å². The third-order valence-electron chi connectivity index (χ3n) is 3.70. The lowest BCUT2D eigenvalue weighted by Gasteiger charge is -2.30. The summed E-state index contributed by atoms with van der Waals surface area (Å²) in [6.07, 6.45) is 2.72. The zero-order valence-corrected chi connectivity index (χ0v) is 11.7. The lowest BCUT2D eigenvalue weighted by atomic mass is 9.95. The SMILES string of the molecule is COC(=O)N1C=CC(=O)C[C@@H]1c1ccc2ccccc2c1. The van der Waals surface area contributed by atoms with Gasteiger partial charge in [-0.25, -0.2) is 4.79 Å². The van der Waals surface area contributed by atoms with Crippen LogP contribution in [0.3, 0.4) is 0 Å². The summed E-state index contributed by atoms with van der Waals surface area (Å²) in [7, 11) is 1.34. The van der Waals surface area contributed by atoms with E-state index in [4.69, 9.17) is 4.74 Å². The second-order valence-corrected chi connectivity index (χ2v) is 4.99. The Bertz CT molecular complexity index is 736. The summed E-state index contributed by atoms with van der Waals surface area (Å²) in [5, 5.41) is 2.21. The van der Waals surface area contributed by atoms with E-state index in [0.717, 1.165) is 16.3 Å². The van der Waals surface area contributed by atoms with E-state index < -0.39 is 6.09 Å². The van der Waals surface area contributed by atoms with E-state index in [2.05, 4.69) is 0 Å². The first-order valence-electron chi connectivity index (χ1n) is 6.75. The molecular weight excluding hydrogens is 266 g/mol. The molecular formula is C17H15NO3. The maximum absolute atomic E-state index is 11.9. The van der Waals surface area contributed by atoms with Crippen LogP contribution >= 0.6 is 0 Å². The molecule has 1 atom stereocenters. The van der Waals surface area contributed by atoms with Crippen molar-refractivity contribution in [2.24, 2.45) is 0 Å². The Hall–Kier alpha value is -2.62. The van der Waals surface area contributed by atoms with Gasteiger partial charge in [-0.1, -0.05) is 36.4 Å². The van der Waals surface area contributed by atoms with Crippen LogP contribution in [0.1, 0.15) is 18.0 Å². The fourth-order valence-electron chi connectivity index (χ4n) is 2.61. The molecule has 0 spiro atoms. The average Bonchev–Trinajstić information content (AvgIpc) is 2.53. The van der Waals surface area contributed by atoms with Crippen LogP contribution in [0.5, 0.6) is 0 Å². The number of ketones is 1.